The van der Waals surface area contributed by atoms with Crippen LogP contribution in [0.4, 0.5) is 11.4 Å². The molecule has 160 valence electrons. The second-order valence-corrected chi connectivity index (χ2v) is 9.05. The van der Waals surface area contributed by atoms with Crippen molar-refractivity contribution in [1.82, 2.24) is 4.98 Å². The van der Waals surface area contributed by atoms with Crippen LogP contribution < -0.4 is 4.57 Å². The van der Waals surface area contributed by atoms with Crippen molar-refractivity contribution >= 4 is 63.8 Å². The van der Waals surface area contributed by atoms with E-state index in [4.69, 9.17) is 9.98 Å². The fourth-order valence-corrected chi connectivity index (χ4v) is 4.72. The molecule has 33 heavy (non-hydrogen) atoms. The van der Waals surface area contributed by atoms with Gasteiger partial charge < -0.3 is 0 Å². The van der Waals surface area contributed by atoms with Gasteiger partial charge in [0.1, 0.15) is 11.0 Å². The van der Waals surface area contributed by atoms with Gasteiger partial charge in [-0.15, -0.1) is 15.9 Å². The molecule has 0 fully saturated rings. The molecular formula is C28H23N4S+. The Hall–Kier alpha value is -3.96. The van der Waals surface area contributed by atoms with E-state index in [0.29, 0.717) is 0 Å². The molecule has 0 aliphatic rings. The van der Waals surface area contributed by atoms with Gasteiger partial charge in [0.25, 0.3) is 0 Å². The molecule has 0 atom stereocenters. The topological polar surface area (TPSA) is 41.5 Å². The lowest BCUT2D eigenvalue weighted by Gasteiger charge is -2.09. The van der Waals surface area contributed by atoms with Gasteiger partial charge in [0.05, 0.1) is 11.4 Å². The van der Waals surface area contributed by atoms with E-state index in [1.165, 1.54) is 0 Å². The summed E-state index contributed by atoms with van der Waals surface area (Å²) in [4.78, 5) is 16.2. The lowest BCUT2D eigenvalue weighted by atomic mass is 10.1. The lowest BCUT2D eigenvalue weighted by molar-refractivity contribution is -0.538. The fourth-order valence-electron chi connectivity index (χ4n) is 3.98. The number of benzene rings is 3. The Bertz CT molecular complexity index is 1560. The Morgan fingerprint density at radius 2 is 1.48 bits per heavy atom. The van der Waals surface area contributed by atoms with Crippen molar-refractivity contribution in [2.45, 2.75) is 13.8 Å². The van der Waals surface area contributed by atoms with E-state index in [9.17, 15) is 0 Å². The first-order valence-electron chi connectivity index (χ1n) is 10.7. The molecule has 0 radical (unpaired) electrons. The van der Waals surface area contributed by atoms with E-state index in [1.54, 1.807) is 11.3 Å². The number of para-hydroxylation sites is 1. The van der Waals surface area contributed by atoms with Gasteiger partial charge >= 0.3 is 0 Å². The maximum atomic E-state index is 4.99. The van der Waals surface area contributed by atoms with Crippen molar-refractivity contribution in [2.24, 2.45) is 9.98 Å². The van der Waals surface area contributed by atoms with Crippen molar-refractivity contribution in [3.63, 3.8) is 0 Å². The highest BCUT2D eigenvalue weighted by Crippen LogP contribution is 2.29. The Balaban J connectivity index is 1.79. The Labute approximate surface area is 196 Å². The average Bonchev–Trinajstić information content (AvgIpc) is 3.30. The Kier molecular flexibility index (Phi) is 5.40. The fraction of sp³-hybridized carbons (Fsp3) is 0.0714. The number of hydrogen-bond donors (Lipinski definition) is 0. The molecule has 5 rings (SSSR count). The SMILES string of the molecule is C=Cc1ccc(C=Nc2cc3c(cc2C)nc2cc(C)c(N=C)cc2[n+]3-c2ccccc2)s1. The standard InChI is InChI=1S/C28H23N4S/c1-5-21-11-12-22(33-21)17-30-24-16-28-26(14-19(24)3)31-25-13-18(2)23(29-4)15-27(25)32(28)20-9-7-6-8-10-20/h5-17H,1,4H2,2-3H3/q+1. The van der Waals surface area contributed by atoms with Crippen LogP contribution in [0.1, 0.15) is 20.9 Å². The van der Waals surface area contributed by atoms with Crippen molar-refractivity contribution in [3.05, 3.63) is 94.2 Å². The molecule has 2 aromatic heterocycles. The molecule has 0 aliphatic carbocycles. The third-order valence-corrected chi connectivity index (χ3v) is 6.69. The number of aryl methyl sites for hydroxylation is 2. The Morgan fingerprint density at radius 3 is 2.12 bits per heavy atom. The number of thiophene rings is 1. The molecule has 2 heterocycles. The van der Waals surface area contributed by atoms with E-state index in [0.717, 1.165) is 60.0 Å². The number of rotatable bonds is 5. The monoisotopic (exact) mass is 447 g/mol. The van der Waals surface area contributed by atoms with Crippen LogP contribution in [0.3, 0.4) is 0 Å². The zero-order valence-corrected chi connectivity index (χ0v) is 19.4. The molecule has 5 heteroatoms. The highest BCUT2D eigenvalue weighted by molar-refractivity contribution is 7.14. The molecule has 0 spiro atoms. The van der Waals surface area contributed by atoms with Gasteiger partial charge in [-0.05, 0) is 56.0 Å². The summed E-state index contributed by atoms with van der Waals surface area (Å²) < 4.78 is 2.23. The van der Waals surface area contributed by atoms with Crippen molar-refractivity contribution in [3.8, 4) is 5.69 Å². The first kappa shape index (κ1) is 20.9. The molecule has 0 bridgehead atoms. The van der Waals surface area contributed by atoms with Gasteiger partial charge in [-0.2, -0.15) is 0 Å². The summed E-state index contributed by atoms with van der Waals surface area (Å²) >= 11 is 1.67. The van der Waals surface area contributed by atoms with Gasteiger partial charge in [0, 0.05) is 40.2 Å². The average molecular weight is 448 g/mol. The molecule has 4 nitrogen and oxygen atoms in total. The van der Waals surface area contributed by atoms with Crippen LogP contribution in [0.25, 0.3) is 33.8 Å². The van der Waals surface area contributed by atoms with Gasteiger partial charge in [0.2, 0.25) is 16.7 Å². The van der Waals surface area contributed by atoms with Crippen LogP contribution >= 0.6 is 11.3 Å². The maximum Gasteiger partial charge on any atom is 0.239 e. The van der Waals surface area contributed by atoms with Gasteiger partial charge in [-0.25, -0.2) is 4.98 Å². The van der Waals surface area contributed by atoms with Crippen LogP contribution in [0.2, 0.25) is 0 Å². The molecule has 0 saturated heterocycles. The van der Waals surface area contributed by atoms with E-state index >= 15 is 0 Å². The van der Waals surface area contributed by atoms with Crippen molar-refractivity contribution in [2.75, 3.05) is 0 Å². The minimum Gasteiger partial charge on any atom is -0.264 e. The molecule has 3 aromatic carbocycles. The third kappa shape index (κ3) is 3.88. The van der Waals surface area contributed by atoms with E-state index in [-0.39, 0.29) is 0 Å². The van der Waals surface area contributed by atoms with Crippen LogP contribution in [-0.2, 0) is 0 Å². The number of aliphatic imine (C=N–C) groups is 2. The van der Waals surface area contributed by atoms with E-state index < -0.39 is 0 Å². The number of fused-ring (bicyclic) bond motifs is 2. The largest absolute Gasteiger partial charge is 0.264 e. The molecule has 0 aliphatic heterocycles. The number of aromatic nitrogens is 2. The molecule has 0 saturated carbocycles. The summed E-state index contributed by atoms with van der Waals surface area (Å²) in [6.45, 7) is 11.7. The Morgan fingerprint density at radius 1 is 0.848 bits per heavy atom. The molecule has 5 aromatic rings. The number of nitrogens with zero attached hydrogens (tertiary/aromatic N) is 4. The minimum absolute atomic E-state index is 0.856. The predicted molar refractivity (Wildman–Crippen MR) is 141 cm³/mol. The zero-order valence-electron chi connectivity index (χ0n) is 18.6. The quantitative estimate of drug-likeness (QED) is 0.161. The van der Waals surface area contributed by atoms with Gasteiger partial charge in [0.15, 0.2) is 0 Å². The van der Waals surface area contributed by atoms with Gasteiger partial charge in [-0.3, -0.25) is 9.98 Å². The second kappa shape index (κ2) is 8.52. The molecular weight excluding hydrogens is 424 g/mol. The summed E-state index contributed by atoms with van der Waals surface area (Å²) in [6, 6.07) is 22.8. The maximum absolute atomic E-state index is 4.99. The zero-order chi connectivity index (χ0) is 22.9. The first-order valence-corrected chi connectivity index (χ1v) is 11.5. The molecule has 0 unspecified atom stereocenters. The van der Waals surface area contributed by atoms with Gasteiger partial charge in [-0.1, -0.05) is 30.9 Å². The molecule has 0 N–H and O–H groups in total. The smallest absolute Gasteiger partial charge is 0.239 e. The summed E-state index contributed by atoms with van der Waals surface area (Å²) in [5.74, 6) is 0. The lowest BCUT2D eigenvalue weighted by Crippen LogP contribution is -2.33. The number of hydrogen-bond acceptors (Lipinski definition) is 4. The first-order chi connectivity index (χ1) is 16.1. The second-order valence-electron chi connectivity index (χ2n) is 7.90. The summed E-state index contributed by atoms with van der Waals surface area (Å²) in [5, 5.41) is 0. The predicted octanol–water partition coefficient (Wildman–Crippen LogP) is 7.07. The van der Waals surface area contributed by atoms with Crippen LogP contribution in [0.5, 0.6) is 0 Å². The van der Waals surface area contributed by atoms with Crippen LogP contribution in [-0.4, -0.2) is 17.9 Å². The van der Waals surface area contributed by atoms with Crippen molar-refractivity contribution < 1.29 is 4.57 Å². The highest BCUT2D eigenvalue weighted by Gasteiger charge is 2.21. The van der Waals surface area contributed by atoms with Crippen LogP contribution in [0, 0.1) is 13.8 Å². The summed E-state index contributed by atoms with van der Waals surface area (Å²) in [7, 11) is 0. The summed E-state index contributed by atoms with van der Waals surface area (Å²) in [5.41, 5.74) is 8.77. The normalized spacial score (nSPS) is 11.5. The van der Waals surface area contributed by atoms with E-state index in [2.05, 4.69) is 78.3 Å². The minimum atomic E-state index is 0.856. The summed E-state index contributed by atoms with van der Waals surface area (Å²) in [6.07, 6.45) is 3.77. The molecule has 0 amide bonds. The third-order valence-electron chi connectivity index (χ3n) is 5.67. The van der Waals surface area contributed by atoms with Crippen LogP contribution in [0.15, 0.2) is 83.3 Å². The highest BCUT2D eigenvalue weighted by atomic mass is 32.1. The van der Waals surface area contributed by atoms with Crippen molar-refractivity contribution in [1.29, 1.82) is 0 Å². The van der Waals surface area contributed by atoms with E-state index in [1.807, 2.05) is 37.4 Å².